The minimum Gasteiger partial charge on any atom is -0.342 e. The number of nitrogens with zero attached hydrogens (tertiary/aromatic N) is 1. The molecule has 1 atom stereocenters. The molecule has 2 aromatic rings. The van der Waals surface area contributed by atoms with Gasteiger partial charge in [-0.2, -0.15) is 0 Å². The molecule has 2 aliphatic rings. The van der Waals surface area contributed by atoms with Crippen molar-refractivity contribution < 1.29 is 9.59 Å². The van der Waals surface area contributed by atoms with Crippen molar-refractivity contribution in [2.24, 2.45) is 5.92 Å². The van der Waals surface area contributed by atoms with E-state index in [4.69, 9.17) is 0 Å². The Morgan fingerprint density at radius 1 is 0.963 bits per heavy atom. The quantitative estimate of drug-likeness (QED) is 0.635. The van der Waals surface area contributed by atoms with Gasteiger partial charge >= 0.3 is 0 Å². The van der Waals surface area contributed by atoms with Crippen LogP contribution in [0.15, 0.2) is 53.0 Å². The normalized spacial score (nSPS) is 20.9. The van der Waals surface area contributed by atoms with Crippen molar-refractivity contribution in [1.82, 2.24) is 4.90 Å². The van der Waals surface area contributed by atoms with Gasteiger partial charge < -0.3 is 4.90 Å². The van der Waals surface area contributed by atoms with E-state index >= 15 is 0 Å². The second-order valence-electron chi connectivity index (χ2n) is 7.64. The van der Waals surface area contributed by atoms with Crippen molar-refractivity contribution in [3.63, 3.8) is 0 Å². The zero-order chi connectivity index (χ0) is 18.8. The van der Waals surface area contributed by atoms with Gasteiger partial charge in [0.1, 0.15) is 0 Å². The molecule has 3 nitrogen and oxygen atoms in total. The number of carbonyl (C=O) groups excluding carboxylic acids is 2. The average molecular weight is 426 g/mol. The van der Waals surface area contributed by atoms with E-state index in [1.54, 1.807) is 0 Å². The van der Waals surface area contributed by atoms with Crippen LogP contribution in [0.4, 0.5) is 0 Å². The molecular formula is C23H24BrNO2. The fourth-order valence-corrected chi connectivity index (χ4v) is 5.02. The van der Waals surface area contributed by atoms with Crippen LogP contribution in [-0.4, -0.2) is 29.7 Å². The number of amides is 1. The number of piperidine rings is 1. The summed E-state index contributed by atoms with van der Waals surface area (Å²) in [5.74, 6) is 0.608. The van der Waals surface area contributed by atoms with Crippen LogP contribution in [0.25, 0.3) is 0 Å². The van der Waals surface area contributed by atoms with Gasteiger partial charge in [-0.15, -0.1) is 0 Å². The van der Waals surface area contributed by atoms with Gasteiger partial charge in [0.25, 0.3) is 0 Å². The first-order chi connectivity index (χ1) is 13.1. The number of benzene rings is 2. The summed E-state index contributed by atoms with van der Waals surface area (Å²) in [6.07, 6.45) is 3.86. The molecule has 1 aliphatic heterocycles. The predicted octanol–water partition coefficient (Wildman–Crippen LogP) is 4.99. The van der Waals surface area contributed by atoms with Crippen LogP contribution in [0.2, 0.25) is 0 Å². The molecule has 1 amide bonds. The first-order valence-corrected chi connectivity index (χ1v) is 10.6. The third-order valence-corrected chi connectivity index (χ3v) is 6.76. The summed E-state index contributed by atoms with van der Waals surface area (Å²) in [5.41, 5.74) is 3.21. The first-order valence-electron chi connectivity index (χ1n) is 9.78. The Labute approximate surface area is 168 Å². The molecule has 0 bridgehead atoms. The van der Waals surface area contributed by atoms with Crippen molar-refractivity contribution >= 4 is 27.6 Å². The molecule has 0 aromatic heterocycles. The summed E-state index contributed by atoms with van der Waals surface area (Å²) in [7, 11) is 0. The van der Waals surface area contributed by atoms with E-state index < -0.39 is 0 Å². The van der Waals surface area contributed by atoms with Gasteiger partial charge in [-0.3, -0.25) is 9.59 Å². The lowest BCUT2D eigenvalue weighted by atomic mass is 9.88. The molecule has 1 unspecified atom stereocenters. The Hall–Kier alpha value is -1.94. The summed E-state index contributed by atoms with van der Waals surface area (Å²) in [6, 6.07) is 16.3. The molecule has 2 aromatic carbocycles. The first kappa shape index (κ1) is 18.4. The molecule has 140 valence electrons. The number of fused-ring (bicyclic) bond motifs is 1. The van der Waals surface area contributed by atoms with Crippen molar-refractivity contribution in [1.29, 1.82) is 0 Å². The SMILES string of the molecule is O=C1CC(C(=O)N2CCC(c3ccccc3)CC2)CCc2c(Br)cccc21. The van der Waals surface area contributed by atoms with Gasteiger partial charge in [-0.1, -0.05) is 58.4 Å². The van der Waals surface area contributed by atoms with Crippen molar-refractivity contribution in [2.75, 3.05) is 13.1 Å². The smallest absolute Gasteiger partial charge is 0.226 e. The van der Waals surface area contributed by atoms with Gasteiger partial charge in [0.2, 0.25) is 5.91 Å². The van der Waals surface area contributed by atoms with Gasteiger partial charge in [0.05, 0.1) is 0 Å². The molecule has 4 heteroatoms. The molecule has 1 saturated heterocycles. The highest BCUT2D eigenvalue weighted by Crippen LogP contribution is 2.33. The molecule has 0 N–H and O–H groups in total. The van der Waals surface area contributed by atoms with E-state index in [1.165, 1.54) is 5.56 Å². The maximum atomic E-state index is 13.1. The number of hydrogen-bond donors (Lipinski definition) is 0. The summed E-state index contributed by atoms with van der Waals surface area (Å²) in [6.45, 7) is 1.58. The van der Waals surface area contributed by atoms with Crippen molar-refractivity contribution in [3.05, 3.63) is 69.7 Å². The van der Waals surface area contributed by atoms with Gasteiger partial charge in [0, 0.05) is 35.5 Å². The molecule has 0 spiro atoms. The van der Waals surface area contributed by atoms with Crippen LogP contribution in [0, 0.1) is 5.92 Å². The fraction of sp³-hybridized carbons (Fsp3) is 0.391. The van der Waals surface area contributed by atoms with Crippen molar-refractivity contribution in [3.8, 4) is 0 Å². The lowest BCUT2D eigenvalue weighted by Gasteiger charge is -2.34. The lowest BCUT2D eigenvalue weighted by molar-refractivity contribution is -0.136. The van der Waals surface area contributed by atoms with Crippen LogP contribution in [-0.2, 0) is 11.2 Å². The van der Waals surface area contributed by atoms with Crippen molar-refractivity contribution in [2.45, 2.75) is 38.0 Å². The number of rotatable bonds is 2. The number of carbonyl (C=O) groups is 2. The molecule has 1 heterocycles. The second-order valence-corrected chi connectivity index (χ2v) is 8.49. The third kappa shape index (κ3) is 3.86. The number of likely N-dealkylation sites (tertiary alicyclic amines) is 1. The van der Waals surface area contributed by atoms with Gasteiger partial charge in [0.15, 0.2) is 5.78 Å². The molecule has 0 saturated carbocycles. The summed E-state index contributed by atoms with van der Waals surface area (Å²) in [4.78, 5) is 27.8. The summed E-state index contributed by atoms with van der Waals surface area (Å²) >= 11 is 3.56. The number of halogens is 1. The largest absolute Gasteiger partial charge is 0.342 e. The molecule has 27 heavy (non-hydrogen) atoms. The Bertz CT molecular complexity index is 841. The van der Waals surface area contributed by atoms with Gasteiger partial charge in [-0.05, 0) is 48.8 Å². The molecular weight excluding hydrogens is 402 g/mol. The molecule has 0 radical (unpaired) electrons. The van der Waals surface area contributed by atoms with Crippen LogP contribution in [0.1, 0.15) is 53.1 Å². The Morgan fingerprint density at radius 2 is 1.70 bits per heavy atom. The fourth-order valence-electron chi connectivity index (χ4n) is 4.46. The van der Waals surface area contributed by atoms with E-state index in [0.717, 1.165) is 54.4 Å². The van der Waals surface area contributed by atoms with E-state index in [0.29, 0.717) is 12.3 Å². The van der Waals surface area contributed by atoms with E-state index in [-0.39, 0.29) is 17.6 Å². The van der Waals surface area contributed by atoms with Crippen LogP contribution in [0.5, 0.6) is 0 Å². The highest BCUT2D eigenvalue weighted by molar-refractivity contribution is 9.10. The average Bonchev–Trinajstić information content (AvgIpc) is 2.88. The summed E-state index contributed by atoms with van der Waals surface area (Å²) < 4.78 is 0.977. The zero-order valence-corrected chi connectivity index (χ0v) is 17.0. The Kier molecular flexibility index (Phi) is 5.44. The van der Waals surface area contributed by atoms with E-state index in [1.807, 2.05) is 29.2 Å². The predicted molar refractivity (Wildman–Crippen MR) is 110 cm³/mol. The van der Waals surface area contributed by atoms with Crippen LogP contribution in [0.3, 0.4) is 0 Å². The monoisotopic (exact) mass is 425 g/mol. The topological polar surface area (TPSA) is 37.4 Å². The third-order valence-electron chi connectivity index (χ3n) is 6.02. The Morgan fingerprint density at radius 3 is 2.44 bits per heavy atom. The number of Topliss-reactive ketones (excluding diaryl/α,β-unsaturated/α-hetero) is 1. The maximum Gasteiger partial charge on any atom is 0.226 e. The molecule has 4 rings (SSSR count). The maximum absolute atomic E-state index is 13.1. The minimum atomic E-state index is -0.190. The number of hydrogen-bond acceptors (Lipinski definition) is 2. The number of ketones is 1. The van der Waals surface area contributed by atoms with Gasteiger partial charge in [-0.25, -0.2) is 0 Å². The molecule has 1 fully saturated rings. The van der Waals surface area contributed by atoms with Crippen LogP contribution < -0.4 is 0 Å². The lowest BCUT2D eigenvalue weighted by Crippen LogP contribution is -2.41. The highest BCUT2D eigenvalue weighted by atomic mass is 79.9. The zero-order valence-electron chi connectivity index (χ0n) is 15.4. The van der Waals surface area contributed by atoms with Crippen LogP contribution >= 0.6 is 15.9 Å². The minimum absolute atomic E-state index is 0.0984. The second kappa shape index (κ2) is 7.97. The summed E-state index contributed by atoms with van der Waals surface area (Å²) in [5, 5.41) is 0. The standard InChI is InChI=1S/C23H24BrNO2/c24-21-8-4-7-20-19(21)10-9-18(15-22(20)26)23(27)25-13-11-17(12-14-25)16-5-2-1-3-6-16/h1-8,17-18H,9-15H2. The van der Waals surface area contributed by atoms with E-state index in [9.17, 15) is 9.59 Å². The highest BCUT2D eigenvalue weighted by Gasteiger charge is 2.32. The Balaban J connectivity index is 1.41. The van der Waals surface area contributed by atoms with E-state index in [2.05, 4.69) is 40.2 Å². The molecule has 1 aliphatic carbocycles.